The molecule has 18 heavy (non-hydrogen) atoms. The van der Waals surface area contributed by atoms with E-state index in [9.17, 15) is 0 Å². The average molecular weight is 240 g/mol. The molecule has 0 amide bonds. The Morgan fingerprint density at radius 3 is 2.83 bits per heavy atom. The number of nitrogens with zero attached hydrogens (tertiary/aromatic N) is 1. The van der Waals surface area contributed by atoms with Crippen molar-refractivity contribution in [2.24, 2.45) is 5.41 Å². The van der Waals surface area contributed by atoms with Gasteiger partial charge in [0.15, 0.2) is 0 Å². The third-order valence-corrected chi connectivity index (χ3v) is 3.90. The van der Waals surface area contributed by atoms with Crippen LogP contribution < -0.4 is 5.32 Å². The van der Waals surface area contributed by atoms with Crippen LogP contribution in [0.15, 0.2) is 30.3 Å². The molecule has 1 aromatic heterocycles. The van der Waals surface area contributed by atoms with Crippen molar-refractivity contribution in [2.45, 2.75) is 33.2 Å². The Morgan fingerprint density at radius 1 is 1.28 bits per heavy atom. The second-order valence-corrected chi connectivity index (χ2v) is 5.85. The van der Waals surface area contributed by atoms with Gasteiger partial charge in [0.25, 0.3) is 0 Å². The molecule has 1 N–H and O–H groups in total. The monoisotopic (exact) mass is 240 g/mol. The van der Waals surface area contributed by atoms with Gasteiger partial charge in [-0.15, -0.1) is 0 Å². The van der Waals surface area contributed by atoms with Gasteiger partial charge < -0.3 is 5.32 Å². The highest BCUT2D eigenvalue weighted by Gasteiger charge is 2.36. The number of benzene rings is 1. The number of aryl methyl sites for hydroxylation is 1. The molecule has 0 saturated heterocycles. The number of nitrogens with one attached hydrogen (secondary N) is 1. The van der Waals surface area contributed by atoms with E-state index in [-0.39, 0.29) is 0 Å². The molecule has 1 aromatic carbocycles. The molecule has 0 bridgehead atoms. The number of fused-ring (bicyclic) bond motifs is 1. The lowest BCUT2D eigenvalue weighted by atomic mass is 10.1. The summed E-state index contributed by atoms with van der Waals surface area (Å²) in [6, 6.07) is 10.6. The Morgan fingerprint density at radius 2 is 2.06 bits per heavy atom. The maximum atomic E-state index is 4.58. The number of aromatic nitrogens is 1. The van der Waals surface area contributed by atoms with Crippen molar-refractivity contribution >= 4 is 10.9 Å². The molecule has 2 nitrogen and oxygen atoms in total. The van der Waals surface area contributed by atoms with Crippen LogP contribution in [0.3, 0.4) is 0 Å². The Kier molecular flexibility index (Phi) is 2.83. The highest BCUT2D eigenvalue weighted by atomic mass is 14.9. The molecule has 1 aliphatic carbocycles. The van der Waals surface area contributed by atoms with Gasteiger partial charge in [-0.1, -0.05) is 25.1 Å². The summed E-state index contributed by atoms with van der Waals surface area (Å²) in [5.74, 6) is 0. The van der Waals surface area contributed by atoms with Gasteiger partial charge in [0.1, 0.15) is 0 Å². The van der Waals surface area contributed by atoms with Gasteiger partial charge in [-0.05, 0) is 42.9 Å². The Labute approximate surface area is 108 Å². The highest BCUT2D eigenvalue weighted by molar-refractivity contribution is 5.82. The van der Waals surface area contributed by atoms with Crippen LogP contribution in [0.2, 0.25) is 0 Å². The van der Waals surface area contributed by atoms with Crippen molar-refractivity contribution < 1.29 is 0 Å². The van der Waals surface area contributed by atoms with Crippen LogP contribution in [0.4, 0.5) is 0 Å². The molecule has 3 rings (SSSR count). The average Bonchev–Trinajstić information content (AvgIpc) is 3.07. The van der Waals surface area contributed by atoms with Crippen molar-refractivity contribution in [3.8, 4) is 0 Å². The smallest absolute Gasteiger partial charge is 0.0708 e. The zero-order valence-electron chi connectivity index (χ0n) is 11.2. The van der Waals surface area contributed by atoms with E-state index in [1.165, 1.54) is 23.8 Å². The van der Waals surface area contributed by atoms with Gasteiger partial charge in [0.05, 0.1) is 5.52 Å². The topological polar surface area (TPSA) is 24.9 Å². The predicted octanol–water partition coefficient (Wildman–Crippen LogP) is 3.43. The van der Waals surface area contributed by atoms with Gasteiger partial charge in [0, 0.05) is 24.2 Å². The van der Waals surface area contributed by atoms with Crippen molar-refractivity contribution in [1.29, 1.82) is 0 Å². The van der Waals surface area contributed by atoms with Crippen LogP contribution >= 0.6 is 0 Å². The summed E-state index contributed by atoms with van der Waals surface area (Å²) in [6.45, 7) is 6.50. The highest BCUT2D eigenvalue weighted by Crippen LogP contribution is 2.44. The number of rotatable bonds is 4. The Hall–Kier alpha value is -1.41. The van der Waals surface area contributed by atoms with E-state index in [0.29, 0.717) is 5.41 Å². The number of pyridine rings is 1. The SMILES string of the molecule is Cc1cc(CNCC2(C)CC2)c2ccccc2n1. The molecular formula is C16H20N2. The van der Waals surface area contributed by atoms with Gasteiger partial charge in [-0.25, -0.2) is 0 Å². The third-order valence-electron chi connectivity index (χ3n) is 3.90. The first-order valence-electron chi connectivity index (χ1n) is 6.72. The van der Waals surface area contributed by atoms with E-state index >= 15 is 0 Å². The first-order chi connectivity index (χ1) is 8.66. The van der Waals surface area contributed by atoms with Gasteiger partial charge in [-0.2, -0.15) is 0 Å². The minimum atomic E-state index is 0.567. The quantitative estimate of drug-likeness (QED) is 0.885. The summed E-state index contributed by atoms with van der Waals surface area (Å²) in [5, 5.41) is 4.87. The van der Waals surface area contributed by atoms with Crippen molar-refractivity contribution in [1.82, 2.24) is 10.3 Å². The van der Waals surface area contributed by atoms with E-state index in [4.69, 9.17) is 0 Å². The van der Waals surface area contributed by atoms with Crippen LogP contribution in [-0.2, 0) is 6.54 Å². The number of hydrogen-bond acceptors (Lipinski definition) is 2. The maximum absolute atomic E-state index is 4.58. The second-order valence-electron chi connectivity index (χ2n) is 5.85. The van der Waals surface area contributed by atoms with Crippen LogP contribution in [0.5, 0.6) is 0 Å². The lowest BCUT2D eigenvalue weighted by Crippen LogP contribution is -2.21. The van der Waals surface area contributed by atoms with Gasteiger partial charge in [0.2, 0.25) is 0 Å². The summed E-state index contributed by atoms with van der Waals surface area (Å²) >= 11 is 0. The minimum absolute atomic E-state index is 0.567. The minimum Gasteiger partial charge on any atom is -0.312 e. The van der Waals surface area contributed by atoms with E-state index in [1.807, 2.05) is 0 Å². The van der Waals surface area contributed by atoms with E-state index in [1.54, 1.807) is 0 Å². The Bertz CT molecular complexity index is 570. The van der Waals surface area contributed by atoms with E-state index in [2.05, 4.69) is 54.5 Å². The van der Waals surface area contributed by atoms with E-state index in [0.717, 1.165) is 24.3 Å². The molecule has 94 valence electrons. The van der Waals surface area contributed by atoms with Crippen molar-refractivity contribution in [2.75, 3.05) is 6.54 Å². The standard InChI is InChI=1S/C16H20N2/c1-12-9-13(10-17-11-16(2)7-8-16)14-5-3-4-6-15(14)18-12/h3-6,9,17H,7-8,10-11H2,1-2H3. The normalized spacial score (nSPS) is 17.0. The van der Waals surface area contributed by atoms with Crippen LogP contribution in [-0.4, -0.2) is 11.5 Å². The lowest BCUT2D eigenvalue weighted by molar-refractivity contribution is 0.500. The number of hydrogen-bond donors (Lipinski definition) is 1. The zero-order valence-corrected chi connectivity index (χ0v) is 11.2. The van der Waals surface area contributed by atoms with Crippen molar-refractivity contribution in [3.63, 3.8) is 0 Å². The van der Waals surface area contributed by atoms with E-state index < -0.39 is 0 Å². The van der Waals surface area contributed by atoms with Crippen LogP contribution in [0, 0.1) is 12.3 Å². The van der Waals surface area contributed by atoms with Crippen molar-refractivity contribution in [3.05, 3.63) is 41.6 Å². The molecule has 0 radical (unpaired) electrons. The molecule has 1 aliphatic rings. The molecule has 0 unspecified atom stereocenters. The zero-order chi connectivity index (χ0) is 12.6. The van der Waals surface area contributed by atoms with Gasteiger partial charge in [-0.3, -0.25) is 4.98 Å². The fourth-order valence-electron chi connectivity index (χ4n) is 2.43. The molecular weight excluding hydrogens is 220 g/mol. The summed E-state index contributed by atoms with van der Waals surface area (Å²) in [4.78, 5) is 4.58. The molecule has 2 aromatic rings. The fourth-order valence-corrected chi connectivity index (χ4v) is 2.43. The molecule has 1 saturated carbocycles. The number of para-hydroxylation sites is 1. The fraction of sp³-hybridized carbons (Fsp3) is 0.438. The third kappa shape index (κ3) is 2.39. The molecule has 0 atom stereocenters. The summed E-state index contributed by atoms with van der Waals surface area (Å²) in [6.07, 6.45) is 2.74. The molecule has 0 spiro atoms. The molecule has 2 heteroatoms. The first-order valence-corrected chi connectivity index (χ1v) is 6.72. The largest absolute Gasteiger partial charge is 0.312 e. The van der Waals surface area contributed by atoms with Gasteiger partial charge >= 0.3 is 0 Å². The summed E-state index contributed by atoms with van der Waals surface area (Å²) in [5.41, 5.74) is 4.13. The molecule has 1 fully saturated rings. The maximum Gasteiger partial charge on any atom is 0.0708 e. The van der Waals surface area contributed by atoms with Crippen LogP contribution in [0.25, 0.3) is 10.9 Å². The second kappa shape index (κ2) is 4.36. The Balaban J connectivity index is 1.81. The molecule has 0 aliphatic heterocycles. The lowest BCUT2D eigenvalue weighted by Gasteiger charge is -2.12. The summed E-state index contributed by atoms with van der Waals surface area (Å²) < 4.78 is 0. The molecule has 1 heterocycles. The summed E-state index contributed by atoms with van der Waals surface area (Å²) in [7, 11) is 0. The predicted molar refractivity (Wildman–Crippen MR) is 75.5 cm³/mol. The first kappa shape index (κ1) is 11.7. The van der Waals surface area contributed by atoms with Crippen LogP contribution in [0.1, 0.15) is 31.0 Å².